The molecule has 0 saturated carbocycles. The van der Waals surface area contributed by atoms with Crippen molar-refractivity contribution in [2.24, 2.45) is 0 Å². The van der Waals surface area contributed by atoms with Crippen molar-refractivity contribution in [2.75, 3.05) is 0 Å². The lowest BCUT2D eigenvalue weighted by atomic mass is 10.2. The van der Waals surface area contributed by atoms with Crippen LogP contribution in [0.2, 0.25) is 5.02 Å². The molecule has 128 valence electrons. The molecule has 0 spiro atoms. The van der Waals surface area contributed by atoms with E-state index in [9.17, 15) is 0 Å². The Balaban J connectivity index is 1.77. The van der Waals surface area contributed by atoms with Crippen molar-refractivity contribution < 1.29 is 0 Å². The third-order valence-corrected chi connectivity index (χ3v) is 5.20. The Kier molecular flexibility index (Phi) is 5.00. The van der Waals surface area contributed by atoms with Gasteiger partial charge in [-0.3, -0.25) is 9.55 Å². The Morgan fingerprint density at radius 3 is 2.35 bits per heavy atom. The average molecular weight is 379 g/mol. The molecule has 0 saturated heterocycles. The summed E-state index contributed by atoms with van der Waals surface area (Å²) in [5.74, 6) is 1.55. The van der Waals surface area contributed by atoms with E-state index < -0.39 is 0 Å². The maximum absolute atomic E-state index is 6.47. The Hall–Kier alpha value is -2.63. The minimum absolute atomic E-state index is 0.657. The Morgan fingerprint density at radius 2 is 1.58 bits per heavy atom. The van der Waals surface area contributed by atoms with Crippen molar-refractivity contribution in [1.82, 2.24) is 19.7 Å². The Morgan fingerprint density at radius 1 is 0.846 bits per heavy atom. The molecule has 0 radical (unpaired) electrons. The van der Waals surface area contributed by atoms with Gasteiger partial charge in [-0.2, -0.15) is 0 Å². The van der Waals surface area contributed by atoms with E-state index in [-0.39, 0.29) is 0 Å². The van der Waals surface area contributed by atoms with E-state index in [2.05, 4.69) is 27.3 Å². The second-order valence-corrected chi connectivity index (χ2v) is 6.95. The minimum atomic E-state index is 0.657. The SMILES string of the molecule is Clc1ccccc1-n1c(SCc2ccccc2)nnc1-c1ccncc1. The van der Waals surface area contributed by atoms with Gasteiger partial charge in [-0.05, 0) is 29.8 Å². The van der Waals surface area contributed by atoms with Gasteiger partial charge in [0.15, 0.2) is 11.0 Å². The molecule has 0 fully saturated rings. The highest BCUT2D eigenvalue weighted by molar-refractivity contribution is 7.98. The van der Waals surface area contributed by atoms with E-state index in [1.54, 1.807) is 24.2 Å². The van der Waals surface area contributed by atoms with Gasteiger partial charge in [-0.1, -0.05) is 65.8 Å². The quantitative estimate of drug-likeness (QED) is 0.443. The van der Waals surface area contributed by atoms with Crippen LogP contribution < -0.4 is 0 Å². The molecule has 0 bridgehead atoms. The highest BCUT2D eigenvalue weighted by Gasteiger charge is 2.17. The fourth-order valence-electron chi connectivity index (χ4n) is 2.62. The van der Waals surface area contributed by atoms with Gasteiger partial charge < -0.3 is 0 Å². The standard InChI is InChI=1S/C20H15ClN4S/c21-17-8-4-5-9-18(17)25-19(16-10-12-22-13-11-16)23-24-20(25)26-14-15-6-2-1-3-7-15/h1-13H,14H2. The maximum Gasteiger partial charge on any atom is 0.196 e. The highest BCUT2D eigenvalue weighted by Crippen LogP contribution is 2.32. The zero-order valence-electron chi connectivity index (χ0n) is 13.8. The van der Waals surface area contributed by atoms with Gasteiger partial charge in [0.05, 0.1) is 10.7 Å². The zero-order valence-corrected chi connectivity index (χ0v) is 15.4. The van der Waals surface area contributed by atoms with E-state index in [0.717, 1.165) is 28.0 Å². The van der Waals surface area contributed by atoms with Crippen molar-refractivity contribution in [1.29, 1.82) is 0 Å². The summed E-state index contributed by atoms with van der Waals surface area (Å²) in [4.78, 5) is 4.08. The van der Waals surface area contributed by atoms with Gasteiger partial charge in [0.1, 0.15) is 0 Å². The number of hydrogen-bond donors (Lipinski definition) is 0. The van der Waals surface area contributed by atoms with Gasteiger partial charge in [-0.25, -0.2) is 0 Å². The van der Waals surface area contributed by atoms with Crippen LogP contribution in [0.5, 0.6) is 0 Å². The van der Waals surface area contributed by atoms with Crippen LogP contribution >= 0.6 is 23.4 Å². The number of halogens is 1. The smallest absolute Gasteiger partial charge is 0.196 e. The van der Waals surface area contributed by atoms with Crippen LogP contribution in [0.15, 0.2) is 84.3 Å². The van der Waals surface area contributed by atoms with Gasteiger partial charge in [0.25, 0.3) is 0 Å². The highest BCUT2D eigenvalue weighted by atomic mass is 35.5. The minimum Gasteiger partial charge on any atom is -0.268 e. The van der Waals surface area contributed by atoms with Gasteiger partial charge >= 0.3 is 0 Å². The van der Waals surface area contributed by atoms with Crippen LogP contribution in [0.1, 0.15) is 5.56 Å². The predicted octanol–water partition coefficient (Wildman–Crippen LogP) is 5.28. The summed E-state index contributed by atoms with van der Waals surface area (Å²) < 4.78 is 2.01. The van der Waals surface area contributed by atoms with Gasteiger partial charge in [0.2, 0.25) is 0 Å². The number of hydrogen-bond acceptors (Lipinski definition) is 4. The summed E-state index contributed by atoms with van der Waals surface area (Å²) in [5, 5.41) is 10.3. The lowest BCUT2D eigenvalue weighted by Crippen LogP contribution is -2.00. The summed E-state index contributed by atoms with van der Waals surface area (Å²) in [6.45, 7) is 0. The van der Waals surface area contributed by atoms with Crippen molar-refractivity contribution >= 4 is 23.4 Å². The van der Waals surface area contributed by atoms with Gasteiger partial charge in [-0.15, -0.1) is 10.2 Å². The third kappa shape index (κ3) is 3.49. The fraction of sp³-hybridized carbons (Fsp3) is 0.0500. The second kappa shape index (κ2) is 7.72. The first-order valence-corrected chi connectivity index (χ1v) is 9.47. The van der Waals surface area contributed by atoms with Gasteiger partial charge in [0, 0.05) is 23.7 Å². The van der Waals surface area contributed by atoms with Crippen molar-refractivity contribution in [3.05, 3.63) is 89.7 Å². The average Bonchev–Trinajstić information content (AvgIpc) is 3.12. The topological polar surface area (TPSA) is 43.6 Å². The first kappa shape index (κ1) is 16.8. The molecule has 0 amide bonds. The summed E-state index contributed by atoms with van der Waals surface area (Å²) in [5.41, 5.74) is 3.04. The molecule has 2 aromatic heterocycles. The molecular formula is C20H15ClN4S. The summed E-state index contributed by atoms with van der Waals surface area (Å²) in [6, 6.07) is 21.9. The molecule has 26 heavy (non-hydrogen) atoms. The molecule has 0 N–H and O–H groups in total. The largest absolute Gasteiger partial charge is 0.268 e. The summed E-state index contributed by atoms with van der Waals surface area (Å²) in [7, 11) is 0. The molecule has 4 rings (SSSR count). The molecule has 4 nitrogen and oxygen atoms in total. The Bertz CT molecular complexity index is 1000. The maximum atomic E-state index is 6.47. The molecule has 0 unspecified atom stereocenters. The number of pyridine rings is 1. The van der Waals surface area contributed by atoms with E-state index in [1.165, 1.54) is 5.56 Å². The van der Waals surface area contributed by atoms with E-state index in [4.69, 9.17) is 11.6 Å². The van der Waals surface area contributed by atoms with E-state index in [0.29, 0.717) is 5.02 Å². The molecule has 2 heterocycles. The molecular weight excluding hydrogens is 364 g/mol. The predicted molar refractivity (Wildman–Crippen MR) is 106 cm³/mol. The molecule has 0 aliphatic heterocycles. The van der Waals surface area contributed by atoms with E-state index >= 15 is 0 Å². The van der Waals surface area contributed by atoms with E-state index in [1.807, 2.05) is 59.2 Å². The number of nitrogens with zero attached hydrogens (tertiary/aromatic N) is 4. The third-order valence-electron chi connectivity index (χ3n) is 3.88. The first-order valence-electron chi connectivity index (χ1n) is 8.10. The molecule has 0 aliphatic rings. The second-order valence-electron chi connectivity index (χ2n) is 5.60. The normalized spacial score (nSPS) is 10.8. The van der Waals surface area contributed by atoms with Crippen molar-refractivity contribution in [3.8, 4) is 17.1 Å². The molecule has 2 aromatic carbocycles. The van der Waals surface area contributed by atoms with Crippen LogP contribution in [0, 0.1) is 0 Å². The first-order chi connectivity index (χ1) is 12.8. The number of para-hydroxylation sites is 1. The van der Waals surface area contributed by atoms with Crippen LogP contribution in [-0.4, -0.2) is 19.7 Å². The number of rotatable bonds is 5. The molecule has 4 aromatic rings. The van der Waals surface area contributed by atoms with Crippen molar-refractivity contribution in [2.45, 2.75) is 10.9 Å². The van der Waals surface area contributed by atoms with Crippen LogP contribution in [-0.2, 0) is 5.75 Å². The molecule has 0 aliphatic carbocycles. The van der Waals surface area contributed by atoms with Crippen LogP contribution in [0.3, 0.4) is 0 Å². The number of benzene rings is 2. The zero-order chi connectivity index (χ0) is 17.8. The van der Waals surface area contributed by atoms with Crippen molar-refractivity contribution in [3.63, 3.8) is 0 Å². The molecule has 0 atom stereocenters. The Labute approximate surface area is 160 Å². The fourth-order valence-corrected chi connectivity index (χ4v) is 3.74. The number of thioether (sulfide) groups is 1. The monoisotopic (exact) mass is 378 g/mol. The van der Waals surface area contributed by atoms with Crippen LogP contribution in [0.25, 0.3) is 17.1 Å². The summed E-state index contributed by atoms with van der Waals surface area (Å²) >= 11 is 8.10. The lowest BCUT2D eigenvalue weighted by molar-refractivity contribution is 0.886. The number of aromatic nitrogens is 4. The lowest BCUT2D eigenvalue weighted by Gasteiger charge is -2.12. The molecule has 6 heteroatoms. The summed E-state index contributed by atoms with van der Waals surface area (Å²) in [6.07, 6.45) is 3.50. The van der Waals surface area contributed by atoms with Crippen LogP contribution in [0.4, 0.5) is 0 Å².